The van der Waals surface area contributed by atoms with Gasteiger partial charge < -0.3 is 15.2 Å². The molecule has 1 aliphatic heterocycles. The van der Waals surface area contributed by atoms with Crippen LogP contribution in [0.15, 0.2) is 9.52 Å². The molecular formula is C19H33N5O. The number of hydrogen-bond donors (Lipinski definition) is 2. The van der Waals surface area contributed by atoms with Gasteiger partial charge in [-0.05, 0) is 46.5 Å². The van der Waals surface area contributed by atoms with Gasteiger partial charge in [0.2, 0.25) is 0 Å². The molecule has 1 saturated carbocycles. The molecule has 1 aromatic rings. The summed E-state index contributed by atoms with van der Waals surface area (Å²) in [5, 5.41) is 11.0. The number of rotatable bonds is 6. The van der Waals surface area contributed by atoms with Gasteiger partial charge >= 0.3 is 0 Å². The van der Waals surface area contributed by atoms with Gasteiger partial charge in [0.25, 0.3) is 0 Å². The molecule has 0 spiro atoms. The summed E-state index contributed by atoms with van der Waals surface area (Å²) in [6.07, 6.45) is 7.67. The Balaban J connectivity index is 1.50. The average molecular weight is 348 g/mol. The van der Waals surface area contributed by atoms with Crippen molar-refractivity contribution in [2.75, 3.05) is 26.2 Å². The maximum Gasteiger partial charge on any atom is 0.191 e. The van der Waals surface area contributed by atoms with E-state index in [1.165, 1.54) is 44.2 Å². The minimum absolute atomic E-state index is 0.512. The molecule has 0 amide bonds. The zero-order chi connectivity index (χ0) is 17.6. The van der Waals surface area contributed by atoms with E-state index < -0.39 is 0 Å². The Morgan fingerprint density at radius 3 is 2.76 bits per heavy atom. The van der Waals surface area contributed by atoms with E-state index in [-0.39, 0.29) is 0 Å². The molecule has 0 aromatic carbocycles. The van der Waals surface area contributed by atoms with Gasteiger partial charge in [0.15, 0.2) is 5.96 Å². The van der Waals surface area contributed by atoms with Crippen molar-refractivity contribution in [3.05, 3.63) is 17.0 Å². The SMILES string of the molecule is CCNC(=NCCc1c(C)noc1C)N[C@@H]1CCN(C2CCCC2)C1. The Bertz CT molecular complexity index is 557. The van der Waals surface area contributed by atoms with Gasteiger partial charge in [-0.1, -0.05) is 18.0 Å². The summed E-state index contributed by atoms with van der Waals surface area (Å²) in [7, 11) is 0. The molecule has 0 radical (unpaired) electrons. The van der Waals surface area contributed by atoms with Crippen LogP contribution in [-0.4, -0.2) is 54.3 Å². The van der Waals surface area contributed by atoms with Gasteiger partial charge in [0, 0.05) is 43.8 Å². The van der Waals surface area contributed by atoms with Gasteiger partial charge in [-0.15, -0.1) is 0 Å². The lowest BCUT2D eigenvalue weighted by atomic mass is 10.1. The molecule has 0 bridgehead atoms. The third kappa shape index (κ3) is 4.75. The van der Waals surface area contributed by atoms with Crippen LogP contribution in [0, 0.1) is 13.8 Å². The number of guanidine groups is 1. The molecule has 2 heterocycles. The number of aliphatic imine (C=N–C) groups is 1. The van der Waals surface area contributed by atoms with Crippen LogP contribution in [0.2, 0.25) is 0 Å². The molecule has 1 saturated heterocycles. The minimum Gasteiger partial charge on any atom is -0.361 e. The topological polar surface area (TPSA) is 65.7 Å². The first-order valence-corrected chi connectivity index (χ1v) is 9.88. The molecule has 3 rings (SSSR count). The normalized spacial score (nSPS) is 22.7. The van der Waals surface area contributed by atoms with Gasteiger partial charge in [-0.25, -0.2) is 0 Å². The Kier molecular flexibility index (Phi) is 6.34. The predicted octanol–water partition coefficient (Wildman–Crippen LogP) is 2.41. The first-order chi connectivity index (χ1) is 12.2. The fraction of sp³-hybridized carbons (Fsp3) is 0.789. The summed E-state index contributed by atoms with van der Waals surface area (Å²) in [6.45, 7) is 10.1. The molecule has 140 valence electrons. The van der Waals surface area contributed by atoms with Gasteiger partial charge in [-0.2, -0.15) is 0 Å². The van der Waals surface area contributed by atoms with E-state index >= 15 is 0 Å². The summed E-state index contributed by atoms with van der Waals surface area (Å²) in [4.78, 5) is 7.44. The zero-order valence-corrected chi connectivity index (χ0v) is 16.0. The summed E-state index contributed by atoms with van der Waals surface area (Å²) < 4.78 is 5.23. The fourth-order valence-corrected chi connectivity index (χ4v) is 4.16. The van der Waals surface area contributed by atoms with Crippen LogP contribution < -0.4 is 10.6 Å². The van der Waals surface area contributed by atoms with Crippen LogP contribution in [0.5, 0.6) is 0 Å². The maximum atomic E-state index is 5.23. The lowest BCUT2D eigenvalue weighted by Gasteiger charge is -2.24. The van der Waals surface area contributed by atoms with Crippen LogP contribution in [0.3, 0.4) is 0 Å². The van der Waals surface area contributed by atoms with Gasteiger partial charge in [0.1, 0.15) is 5.76 Å². The van der Waals surface area contributed by atoms with E-state index in [0.29, 0.717) is 6.04 Å². The second-order valence-corrected chi connectivity index (χ2v) is 7.38. The predicted molar refractivity (Wildman–Crippen MR) is 101 cm³/mol. The first kappa shape index (κ1) is 18.2. The highest BCUT2D eigenvalue weighted by atomic mass is 16.5. The largest absolute Gasteiger partial charge is 0.361 e. The smallest absolute Gasteiger partial charge is 0.191 e. The van der Waals surface area contributed by atoms with Crippen molar-refractivity contribution in [2.24, 2.45) is 4.99 Å². The lowest BCUT2D eigenvalue weighted by Crippen LogP contribution is -2.45. The van der Waals surface area contributed by atoms with Crippen LogP contribution in [0.1, 0.15) is 56.0 Å². The number of aromatic nitrogens is 1. The van der Waals surface area contributed by atoms with E-state index in [2.05, 4.69) is 27.6 Å². The van der Waals surface area contributed by atoms with E-state index in [0.717, 1.165) is 49.5 Å². The molecule has 1 atom stereocenters. The summed E-state index contributed by atoms with van der Waals surface area (Å²) >= 11 is 0. The number of nitrogens with zero attached hydrogens (tertiary/aromatic N) is 3. The standard InChI is InChI=1S/C19H33N5O/c1-4-20-19(21-11-9-18-14(2)23-25-15(18)3)22-16-10-12-24(13-16)17-7-5-6-8-17/h16-17H,4-13H2,1-3H3,(H2,20,21,22)/t16-/m1/s1. The van der Waals surface area contributed by atoms with E-state index in [9.17, 15) is 0 Å². The van der Waals surface area contributed by atoms with Crippen molar-refractivity contribution in [1.82, 2.24) is 20.7 Å². The quantitative estimate of drug-likeness (QED) is 0.611. The van der Waals surface area contributed by atoms with Gasteiger partial charge in [0.05, 0.1) is 5.69 Å². The number of hydrogen-bond acceptors (Lipinski definition) is 4. The Labute approximate surface area is 151 Å². The van der Waals surface area contributed by atoms with Crippen LogP contribution >= 0.6 is 0 Å². The monoisotopic (exact) mass is 347 g/mol. The van der Waals surface area contributed by atoms with Gasteiger partial charge in [-0.3, -0.25) is 9.89 Å². The minimum atomic E-state index is 0.512. The molecule has 1 aliphatic carbocycles. The van der Waals surface area contributed by atoms with E-state index in [1.807, 2.05) is 13.8 Å². The molecule has 6 nitrogen and oxygen atoms in total. The fourth-order valence-electron chi connectivity index (χ4n) is 4.16. The summed E-state index contributed by atoms with van der Waals surface area (Å²) in [5.41, 5.74) is 2.17. The van der Waals surface area contributed by atoms with Crippen molar-refractivity contribution < 1.29 is 4.52 Å². The highest BCUT2D eigenvalue weighted by Gasteiger charge is 2.30. The van der Waals surface area contributed by atoms with Crippen molar-refractivity contribution >= 4 is 5.96 Å². The van der Waals surface area contributed by atoms with Crippen LogP contribution in [0.4, 0.5) is 0 Å². The van der Waals surface area contributed by atoms with Crippen molar-refractivity contribution in [1.29, 1.82) is 0 Å². The number of aryl methyl sites for hydroxylation is 2. The highest BCUT2D eigenvalue weighted by Crippen LogP contribution is 2.26. The zero-order valence-electron chi connectivity index (χ0n) is 16.0. The van der Waals surface area contributed by atoms with Crippen LogP contribution in [0.25, 0.3) is 0 Å². The van der Waals surface area contributed by atoms with Crippen molar-refractivity contribution in [2.45, 2.75) is 71.4 Å². The molecule has 2 N–H and O–H groups in total. The Hall–Kier alpha value is -1.56. The first-order valence-electron chi connectivity index (χ1n) is 9.88. The third-order valence-corrected chi connectivity index (χ3v) is 5.56. The number of nitrogens with one attached hydrogen (secondary N) is 2. The molecule has 25 heavy (non-hydrogen) atoms. The highest BCUT2D eigenvalue weighted by molar-refractivity contribution is 5.80. The second-order valence-electron chi connectivity index (χ2n) is 7.38. The molecule has 2 aliphatic rings. The third-order valence-electron chi connectivity index (χ3n) is 5.56. The molecule has 2 fully saturated rings. The maximum absolute atomic E-state index is 5.23. The summed E-state index contributed by atoms with van der Waals surface area (Å²) in [6, 6.07) is 1.34. The molecular weight excluding hydrogens is 314 g/mol. The molecule has 0 unspecified atom stereocenters. The Morgan fingerprint density at radius 2 is 2.08 bits per heavy atom. The molecule has 1 aromatic heterocycles. The average Bonchev–Trinajstić information content (AvgIpc) is 3.32. The van der Waals surface area contributed by atoms with E-state index in [4.69, 9.17) is 9.52 Å². The number of likely N-dealkylation sites (tertiary alicyclic amines) is 1. The van der Waals surface area contributed by atoms with Crippen LogP contribution in [-0.2, 0) is 6.42 Å². The second kappa shape index (κ2) is 8.70. The summed E-state index contributed by atoms with van der Waals surface area (Å²) in [5.74, 6) is 1.85. The van der Waals surface area contributed by atoms with E-state index in [1.54, 1.807) is 0 Å². The lowest BCUT2D eigenvalue weighted by molar-refractivity contribution is 0.242. The Morgan fingerprint density at radius 1 is 1.28 bits per heavy atom. The molecule has 6 heteroatoms. The van der Waals surface area contributed by atoms with Crippen molar-refractivity contribution in [3.8, 4) is 0 Å². The van der Waals surface area contributed by atoms with Crippen molar-refractivity contribution in [3.63, 3.8) is 0 Å².